The first-order valence-electron chi connectivity index (χ1n) is 12.6. The van der Waals surface area contributed by atoms with Gasteiger partial charge in [-0.15, -0.1) is 0 Å². The van der Waals surface area contributed by atoms with Crippen LogP contribution in [0, 0.1) is 6.92 Å². The molecule has 2 aliphatic heterocycles. The van der Waals surface area contributed by atoms with Crippen molar-refractivity contribution < 1.29 is 0 Å². The van der Waals surface area contributed by atoms with E-state index >= 15 is 0 Å². The van der Waals surface area contributed by atoms with Gasteiger partial charge in [-0.05, 0) is 88.7 Å². The van der Waals surface area contributed by atoms with Crippen LogP contribution in [0.1, 0.15) is 61.5 Å². The molecule has 32 heavy (non-hydrogen) atoms. The maximum absolute atomic E-state index is 4.86. The number of nitrogens with one attached hydrogen (secondary N) is 1. The van der Waals surface area contributed by atoms with E-state index in [-0.39, 0.29) is 0 Å². The van der Waals surface area contributed by atoms with Crippen molar-refractivity contribution in [1.29, 1.82) is 0 Å². The highest BCUT2D eigenvalue weighted by molar-refractivity contribution is 5.76. The second-order valence-electron chi connectivity index (χ2n) is 10.5. The average Bonchev–Trinajstić information content (AvgIpc) is 3.41. The second-order valence-corrected chi connectivity index (χ2v) is 10.5. The highest BCUT2D eigenvalue weighted by Gasteiger charge is 2.44. The second kappa shape index (κ2) is 8.00. The molecule has 1 N–H and O–H groups in total. The fraction of sp³-hybridized carbons (Fsp3) is 0.536. The van der Waals surface area contributed by atoms with Gasteiger partial charge in [0.2, 0.25) is 0 Å². The quantitative estimate of drug-likeness (QED) is 0.599. The number of piperidine rings is 1. The molecule has 3 aromatic rings. The third kappa shape index (κ3) is 3.22. The number of rotatable bonds is 6. The largest absolute Gasteiger partial charge is 0.325 e. The number of imidazole rings is 1. The molecule has 0 spiro atoms. The summed E-state index contributed by atoms with van der Waals surface area (Å²) < 4.78 is 2.55. The van der Waals surface area contributed by atoms with E-state index in [1.165, 1.54) is 62.8 Å². The lowest BCUT2D eigenvalue weighted by Crippen LogP contribution is -2.46. The smallest absolute Gasteiger partial charge is 0.106 e. The molecule has 2 saturated heterocycles. The molecule has 2 fully saturated rings. The molecule has 6 rings (SSSR count). The van der Waals surface area contributed by atoms with Crippen LogP contribution < -0.4 is 5.32 Å². The Labute approximate surface area is 192 Å². The van der Waals surface area contributed by atoms with Crippen molar-refractivity contribution in [2.45, 2.75) is 75.4 Å². The molecule has 3 heterocycles. The molecule has 4 nitrogen and oxygen atoms in total. The topological polar surface area (TPSA) is 33.1 Å². The minimum atomic E-state index is 0.304. The van der Waals surface area contributed by atoms with Crippen LogP contribution in [0.3, 0.4) is 0 Å². The minimum absolute atomic E-state index is 0.304. The molecule has 2 bridgehead atoms. The molecule has 4 atom stereocenters. The van der Waals surface area contributed by atoms with Crippen LogP contribution in [-0.2, 0) is 11.8 Å². The third-order valence-electron chi connectivity index (χ3n) is 8.82. The zero-order chi connectivity index (χ0) is 21.7. The first-order chi connectivity index (χ1) is 15.7. The van der Waals surface area contributed by atoms with Gasteiger partial charge < -0.3 is 9.88 Å². The number of aromatic nitrogens is 2. The SMILES string of the molecule is CNCC1(CCN2[C@@H]3CC[C@H]2CC(n2c(C)nc4ccccc42)C3)CCc2ccccc21. The Bertz CT molecular complexity index is 1100. The normalized spacial score (nSPS) is 29.6. The standard InChI is InChI=1S/C28H36N4/c1-20-30-26-9-5-6-10-27(26)32(20)24-17-22-11-12-23(18-24)31(22)16-15-28(19-29-2)14-13-21-7-3-4-8-25(21)28/h3-10,22-24,29H,11-19H2,1-2H3/t22-,23+,24?,28?. The van der Waals surface area contributed by atoms with Crippen LogP contribution in [0.25, 0.3) is 11.0 Å². The maximum Gasteiger partial charge on any atom is 0.106 e. The zero-order valence-corrected chi connectivity index (χ0v) is 19.6. The molecule has 1 aliphatic carbocycles. The Morgan fingerprint density at radius 2 is 1.75 bits per heavy atom. The summed E-state index contributed by atoms with van der Waals surface area (Å²) in [6, 6.07) is 19.9. The number of benzene rings is 2. The lowest BCUT2D eigenvalue weighted by atomic mass is 9.78. The predicted molar refractivity (Wildman–Crippen MR) is 131 cm³/mol. The summed E-state index contributed by atoms with van der Waals surface area (Å²) in [4.78, 5) is 7.75. The van der Waals surface area contributed by atoms with Crippen molar-refractivity contribution in [3.63, 3.8) is 0 Å². The summed E-state index contributed by atoms with van der Waals surface area (Å²) in [6.07, 6.45) is 9.07. The van der Waals surface area contributed by atoms with E-state index in [4.69, 9.17) is 4.98 Å². The average molecular weight is 429 g/mol. The van der Waals surface area contributed by atoms with E-state index in [1.54, 1.807) is 11.1 Å². The summed E-state index contributed by atoms with van der Waals surface area (Å²) in [6.45, 7) is 4.52. The summed E-state index contributed by atoms with van der Waals surface area (Å²) in [5, 5.41) is 3.54. The number of fused-ring (bicyclic) bond motifs is 4. The van der Waals surface area contributed by atoms with Crippen LogP contribution in [-0.4, -0.2) is 46.7 Å². The van der Waals surface area contributed by atoms with Crippen molar-refractivity contribution >= 4 is 11.0 Å². The molecule has 4 heteroatoms. The van der Waals surface area contributed by atoms with Gasteiger partial charge in [0.1, 0.15) is 5.82 Å². The molecular weight excluding hydrogens is 392 g/mol. The van der Waals surface area contributed by atoms with Crippen molar-refractivity contribution in [2.75, 3.05) is 20.1 Å². The molecular formula is C28H36N4. The van der Waals surface area contributed by atoms with Gasteiger partial charge in [-0.2, -0.15) is 0 Å². The maximum atomic E-state index is 4.86. The van der Waals surface area contributed by atoms with Crippen molar-refractivity contribution in [3.8, 4) is 0 Å². The Balaban J connectivity index is 1.21. The Morgan fingerprint density at radius 3 is 2.56 bits per heavy atom. The van der Waals surface area contributed by atoms with E-state index in [9.17, 15) is 0 Å². The molecule has 3 aliphatic rings. The van der Waals surface area contributed by atoms with Gasteiger partial charge in [0.15, 0.2) is 0 Å². The van der Waals surface area contributed by atoms with Gasteiger partial charge in [-0.1, -0.05) is 36.4 Å². The molecule has 2 aromatic carbocycles. The molecule has 168 valence electrons. The van der Waals surface area contributed by atoms with E-state index in [0.717, 1.165) is 24.1 Å². The Morgan fingerprint density at radius 1 is 1.00 bits per heavy atom. The molecule has 0 saturated carbocycles. The van der Waals surface area contributed by atoms with Crippen molar-refractivity contribution in [2.24, 2.45) is 0 Å². The molecule has 1 aromatic heterocycles. The number of para-hydroxylation sites is 2. The van der Waals surface area contributed by atoms with Gasteiger partial charge in [-0.3, -0.25) is 4.90 Å². The van der Waals surface area contributed by atoms with Crippen molar-refractivity contribution in [3.05, 3.63) is 65.5 Å². The van der Waals surface area contributed by atoms with Crippen LogP contribution in [0.4, 0.5) is 0 Å². The minimum Gasteiger partial charge on any atom is -0.325 e. The molecule has 0 radical (unpaired) electrons. The van der Waals surface area contributed by atoms with Gasteiger partial charge >= 0.3 is 0 Å². The number of hydrogen-bond acceptors (Lipinski definition) is 3. The lowest BCUT2D eigenvalue weighted by molar-refractivity contribution is 0.0967. The van der Waals surface area contributed by atoms with E-state index < -0.39 is 0 Å². The molecule has 2 unspecified atom stereocenters. The fourth-order valence-corrected chi connectivity index (χ4v) is 7.42. The Kier molecular flexibility index (Phi) is 5.11. The van der Waals surface area contributed by atoms with E-state index in [2.05, 4.69) is 77.3 Å². The summed E-state index contributed by atoms with van der Waals surface area (Å²) >= 11 is 0. The fourth-order valence-electron chi connectivity index (χ4n) is 7.42. The monoisotopic (exact) mass is 428 g/mol. The zero-order valence-electron chi connectivity index (χ0n) is 19.6. The summed E-state index contributed by atoms with van der Waals surface area (Å²) in [5.74, 6) is 1.18. The number of hydrogen-bond donors (Lipinski definition) is 1. The van der Waals surface area contributed by atoms with Crippen LogP contribution in [0.15, 0.2) is 48.5 Å². The van der Waals surface area contributed by atoms with Gasteiger partial charge in [0.25, 0.3) is 0 Å². The first kappa shape index (κ1) is 20.4. The van der Waals surface area contributed by atoms with Gasteiger partial charge in [-0.25, -0.2) is 4.98 Å². The first-order valence-corrected chi connectivity index (χ1v) is 12.6. The van der Waals surface area contributed by atoms with Crippen molar-refractivity contribution in [1.82, 2.24) is 19.8 Å². The number of nitrogens with zero attached hydrogens (tertiary/aromatic N) is 3. The lowest BCUT2D eigenvalue weighted by Gasteiger charge is -2.42. The Hall–Kier alpha value is -2.17. The number of likely N-dealkylation sites (N-methyl/N-ethyl adjacent to an activating group) is 1. The third-order valence-corrected chi connectivity index (χ3v) is 8.82. The highest BCUT2D eigenvalue weighted by Crippen LogP contribution is 2.45. The van der Waals surface area contributed by atoms with Gasteiger partial charge in [0, 0.05) is 30.1 Å². The predicted octanol–water partition coefficient (Wildman–Crippen LogP) is 5.01. The van der Waals surface area contributed by atoms with Crippen LogP contribution >= 0.6 is 0 Å². The van der Waals surface area contributed by atoms with E-state index in [0.29, 0.717) is 11.5 Å². The highest BCUT2D eigenvalue weighted by atomic mass is 15.2. The number of aryl methyl sites for hydroxylation is 2. The van der Waals surface area contributed by atoms with Crippen LogP contribution in [0.2, 0.25) is 0 Å². The molecule has 0 amide bonds. The summed E-state index contributed by atoms with van der Waals surface area (Å²) in [5.41, 5.74) is 5.95. The van der Waals surface area contributed by atoms with Crippen LogP contribution in [0.5, 0.6) is 0 Å². The van der Waals surface area contributed by atoms with Gasteiger partial charge in [0.05, 0.1) is 11.0 Å². The summed E-state index contributed by atoms with van der Waals surface area (Å²) in [7, 11) is 2.12. The van der Waals surface area contributed by atoms with E-state index in [1.807, 2.05) is 0 Å².